The monoisotopic (exact) mass is 501 g/mol. The number of nitrogens with zero attached hydrogens (tertiary/aromatic N) is 1. The van der Waals surface area contributed by atoms with Crippen LogP contribution in [0.25, 0.3) is 0 Å². The third kappa shape index (κ3) is 17.1. The van der Waals surface area contributed by atoms with Crippen molar-refractivity contribution in [2.75, 3.05) is 39.5 Å². The van der Waals surface area contributed by atoms with E-state index in [1.807, 2.05) is 64.2 Å². The minimum atomic E-state index is 0. The van der Waals surface area contributed by atoms with Crippen molar-refractivity contribution in [3.05, 3.63) is 127 Å². The Balaban J connectivity index is 0.000000615. The summed E-state index contributed by atoms with van der Waals surface area (Å²) in [7, 11) is 0. The number of aliphatic hydroxyl groups excluding tert-OH is 1. The van der Waals surface area contributed by atoms with Gasteiger partial charge in [-0.25, -0.2) is 0 Å². The van der Waals surface area contributed by atoms with Crippen LogP contribution in [-0.4, -0.2) is 49.5 Å². The molecule has 4 rings (SSSR count). The first-order valence-corrected chi connectivity index (χ1v) is 10.0. The zero-order chi connectivity index (χ0) is 20.4. The molecule has 4 saturated carbocycles. The van der Waals surface area contributed by atoms with Gasteiger partial charge in [-0.15, -0.1) is 0 Å². The van der Waals surface area contributed by atoms with Gasteiger partial charge in [-0.3, -0.25) is 4.90 Å². The van der Waals surface area contributed by atoms with E-state index in [2.05, 4.69) is 56.3 Å². The van der Waals surface area contributed by atoms with Gasteiger partial charge in [-0.2, -0.15) is 0 Å². The van der Waals surface area contributed by atoms with Crippen LogP contribution in [0.5, 0.6) is 0 Å². The number of aliphatic hydroxyl groups is 1. The molecular weight excluding hydrogens is 470 g/mol. The Morgan fingerprint density at radius 2 is 0.903 bits per heavy atom. The molecule has 1 N–H and O–H groups in total. The molecule has 5 heteroatoms. The van der Waals surface area contributed by atoms with Crippen molar-refractivity contribution in [1.29, 1.82) is 0 Å². The second kappa shape index (κ2) is 22.7. The molecule has 0 aromatic rings. The van der Waals surface area contributed by atoms with Gasteiger partial charge in [0.2, 0.25) is 0 Å². The van der Waals surface area contributed by atoms with Gasteiger partial charge in [0.15, 0.2) is 0 Å². The molecule has 31 heavy (non-hydrogen) atoms. The Bertz CT molecular complexity index is 310. The molecule has 0 aromatic heterocycles. The first kappa shape index (κ1) is 31.9. The summed E-state index contributed by atoms with van der Waals surface area (Å²) < 4.78 is 5.36. The minimum Gasteiger partial charge on any atom is -0.394 e. The second-order valence-corrected chi connectivity index (χ2v) is 6.56. The summed E-state index contributed by atoms with van der Waals surface area (Å²) in [4.78, 5) is 2.36. The van der Waals surface area contributed by atoms with Crippen molar-refractivity contribution in [2.45, 2.75) is 0 Å². The van der Waals surface area contributed by atoms with E-state index < -0.39 is 0 Å². The molecule has 0 aromatic carbocycles. The third-order valence-corrected chi connectivity index (χ3v) is 4.17. The third-order valence-electron chi connectivity index (χ3n) is 4.17. The van der Waals surface area contributed by atoms with Crippen LogP contribution in [0.15, 0.2) is 0 Å². The Morgan fingerprint density at radius 1 is 0.548 bits per heavy atom. The molecular formula is C26H31Fe2NO2+4. The Labute approximate surface area is 215 Å². The average molecular weight is 501 g/mol. The fraction of sp³-hybridized carbons (Fsp3) is 0.231. The second-order valence-electron chi connectivity index (χ2n) is 6.56. The van der Waals surface area contributed by atoms with Gasteiger partial charge >= 0.3 is 34.1 Å². The molecule has 4 aliphatic rings. The molecule has 0 atom stereocenters. The maximum Gasteiger partial charge on any atom is 2.00 e. The van der Waals surface area contributed by atoms with Crippen LogP contribution >= 0.6 is 0 Å². The molecule has 164 valence electrons. The quantitative estimate of drug-likeness (QED) is 0.390. The molecule has 20 radical (unpaired) electrons. The molecule has 0 heterocycles. The van der Waals surface area contributed by atoms with Crippen LogP contribution < -0.4 is 0 Å². The van der Waals surface area contributed by atoms with Crippen molar-refractivity contribution in [3.8, 4) is 0 Å². The summed E-state index contributed by atoms with van der Waals surface area (Å²) in [6.07, 6.45) is 36.9. The number of ether oxygens (including phenoxy) is 1. The summed E-state index contributed by atoms with van der Waals surface area (Å²) in [6, 6.07) is 0. The maximum absolute atomic E-state index is 8.71. The van der Waals surface area contributed by atoms with E-state index in [1.54, 1.807) is 0 Å². The summed E-state index contributed by atoms with van der Waals surface area (Å²) in [5, 5.41) is 8.71. The fourth-order valence-corrected chi connectivity index (χ4v) is 2.77. The predicted molar refractivity (Wildman–Crippen MR) is 118 cm³/mol. The SMILES string of the molecule is OCCOCCN(C[C]1[CH][CH][CH][CH]1)C[C]1[CH][CH][CH][CH]1.[CH]1[CH][CH][CH][CH]1.[CH]1[CH][CH][CH][CH]1.[Fe+2].[Fe+2]. The van der Waals surface area contributed by atoms with Crippen molar-refractivity contribution < 1.29 is 44.0 Å². The van der Waals surface area contributed by atoms with E-state index in [-0.39, 0.29) is 40.7 Å². The fourth-order valence-electron chi connectivity index (χ4n) is 2.77. The number of hydrogen-bond acceptors (Lipinski definition) is 3. The van der Waals surface area contributed by atoms with Gasteiger partial charge in [0, 0.05) is 19.6 Å². The minimum absolute atomic E-state index is 0. The van der Waals surface area contributed by atoms with Gasteiger partial charge in [-0.05, 0) is 127 Å². The average Bonchev–Trinajstić information content (AvgIpc) is 3.55. The number of hydrogen-bond donors (Lipinski definition) is 1. The van der Waals surface area contributed by atoms with Crippen LogP contribution in [0, 0.1) is 127 Å². The van der Waals surface area contributed by atoms with Crippen molar-refractivity contribution in [1.82, 2.24) is 4.90 Å². The molecule has 0 aliphatic heterocycles. The smallest absolute Gasteiger partial charge is 0.394 e. The van der Waals surface area contributed by atoms with Crippen LogP contribution in [0.2, 0.25) is 0 Å². The topological polar surface area (TPSA) is 32.7 Å². The summed E-state index contributed by atoms with van der Waals surface area (Å²) in [5.74, 6) is 2.66. The predicted octanol–water partition coefficient (Wildman–Crippen LogP) is 3.15. The van der Waals surface area contributed by atoms with Gasteiger partial charge in [-0.1, -0.05) is 0 Å². The Morgan fingerprint density at radius 3 is 1.23 bits per heavy atom. The van der Waals surface area contributed by atoms with Crippen molar-refractivity contribution >= 4 is 0 Å². The van der Waals surface area contributed by atoms with E-state index in [4.69, 9.17) is 9.84 Å². The Kier molecular flexibility index (Phi) is 23.4. The van der Waals surface area contributed by atoms with Gasteiger partial charge in [0.05, 0.1) is 19.8 Å². The summed E-state index contributed by atoms with van der Waals surface area (Å²) in [5.41, 5.74) is 0. The zero-order valence-corrected chi connectivity index (χ0v) is 19.9. The van der Waals surface area contributed by atoms with Crippen molar-refractivity contribution in [3.63, 3.8) is 0 Å². The number of rotatable bonds is 9. The largest absolute Gasteiger partial charge is 2.00 e. The van der Waals surface area contributed by atoms with E-state index >= 15 is 0 Å². The van der Waals surface area contributed by atoms with E-state index in [1.165, 1.54) is 11.8 Å². The van der Waals surface area contributed by atoms with E-state index in [0.717, 1.165) is 19.6 Å². The van der Waals surface area contributed by atoms with Gasteiger partial charge < -0.3 is 9.84 Å². The van der Waals surface area contributed by atoms with Crippen LogP contribution in [-0.2, 0) is 38.9 Å². The molecule has 0 amide bonds. The van der Waals surface area contributed by atoms with E-state index in [9.17, 15) is 0 Å². The van der Waals surface area contributed by atoms with Crippen LogP contribution in [0.1, 0.15) is 0 Å². The zero-order valence-electron chi connectivity index (χ0n) is 17.6. The molecule has 3 nitrogen and oxygen atoms in total. The Hall–Kier alpha value is 0.919. The maximum atomic E-state index is 8.71. The van der Waals surface area contributed by atoms with Crippen LogP contribution in [0.3, 0.4) is 0 Å². The molecule has 4 aliphatic carbocycles. The van der Waals surface area contributed by atoms with Crippen LogP contribution in [0.4, 0.5) is 0 Å². The standard InChI is InChI=1S/C16H21NO2.2C5H5.2Fe/c18-10-12-19-11-9-17(13-15-5-1-2-6-15)14-16-7-3-4-8-16;2*1-2-4-5-3-1;;/h1-8,18H,9-14H2;2*1-5H;;/q;;;2*+2. The van der Waals surface area contributed by atoms with E-state index in [0.29, 0.717) is 13.2 Å². The first-order valence-electron chi connectivity index (χ1n) is 10.0. The van der Waals surface area contributed by atoms with Gasteiger partial charge in [0.25, 0.3) is 0 Å². The normalized spacial score (nSPS) is 21.1. The molecule has 0 unspecified atom stereocenters. The summed E-state index contributed by atoms with van der Waals surface area (Å²) >= 11 is 0. The van der Waals surface area contributed by atoms with Crippen molar-refractivity contribution in [2.24, 2.45) is 0 Å². The molecule has 0 saturated heterocycles. The summed E-state index contributed by atoms with van der Waals surface area (Å²) in [6.45, 7) is 3.89. The molecule has 4 fully saturated rings. The molecule has 0 spiro atoms. The van der Waals surface area contributed by atoms with Gasteiger partial charge in [0.1, 0.15) is 0 Å². The first-order chi connectivity index (χ1) is 14.4. The molecule has 0 bridgehead atoms.